The molecule has 0 aromatic rings. The molecule has 80 valence electrons. The molecule has 3 atom stereocenters. The van der Waals surface area contributed by atoms with Gasteiger partial charge in [-0.25, -0.2) is 0 Å². The fourth-order valence-electron chi connectivity index (χ4n) is 2.18. The highest BCUT2D eigenvalue weighted by Gasteiger charge is 2.33. The number of hydrogen-bond acceptors (Lipinski definition) is 2. The summed E-state index contributed by atoms with van der Waals surface area (Å²) >= 11 is 0. The normalized spacial score (nSPS) is 38.0. The van der Waals surface area contributed by atoms with Crippen LogP contribution < -0.4 is 5.32 Å². The van der Waals surface area contributed by atoms with Gasteiger partial charge in [-0.2, -0.15) is 0 Å². The first-order chi connectivity index (χ1) is 6.66. The predicted octanol–water partition coefficient (Wildman–Crippen LogP) is 1.06. The Morgan fingerprint density at radius 2 is 2.00 bits per heavy atom. The fraction of sp³-hybridized carbons (Fsp3) is 0.909. The lowest BCUT2D eigenvalue weighted by Gasteiger charge is -2.31. The van der Waals surface area contributed by atoms with Crippen LogP contribution in [0.1, 0.15) is 39.0 Å². The minimum atomic E-state index is -0.163. The standard InChI is InChI=1S/C11H19NO2/c1-7-6-9(4-5-10(7)13)12-11(14)8-2-3-8/h7-10,13H,2-6H2,1H3,(H,12,14)/t7-,9-,10-/m0/s1. The highest BCUT2D eigenvalue weighted by atomic mass is 16.3. The van der Waals surface area contributed by atoms with Crippen molar-refractivity contribution in [2.45, 2.75) is 51.2 Å². The van der Waals surface area contributed by atoms with Crippen LogP contribution in [-0.4, -0.2) is 23.2 Å². The van der Waals surface area contributed by atoms with Crippen molar-refractivity contribution in [1.82, 2.24) is 5.32 Å². The summed E-state index contributed by atoms with van der Waals surface area (Å²) in [7, 11) is 0. The molecule has 14 heavy (non-hydrogen) atoms. The SMILES string of the molecule is C[C@H]1C[C@@H](NC(=O)C2CC2)CC[C@@H]1O. The molecule has 0 aromatic carbocycles. The second-order valence-electron chi connectivity index (χ2n) is 4.84. The van der Waals surface area contributed by atoms with Crippen LogP contribution in [0.5, 0.6) is 0 Å². The number of rotatable bonds is 2. The van der Waals surface area contributed by atoms with Gasteiger partial charge in [0.25, 0.3) is 0 Å². The molecular formula is C11H19NO2. The molecule has 2 aliphatic rings. The molecule has 0 saturated heterocycles. The third-order valence-electron chi connectivity index (χ3n) is 3.42. The van der Waals surface area contributed by atoms with Gasteiger partial charge in [-0.1, -0.05) is 6.92 Å². The van der Waals surface area contributed by atoms with E-state index in [4.69, 9.17) is 0 Å². The third-order valence-corrected chi connectivity index (χ3v) is 3.42. The van der Waals surface area contributed by atoms with E-state index in [-0.39, 0.29) is 12.0 Å². The van der Waals surface area contributed by atoms with Gasteiger partial charge in [0.15, 0.2) is 0 Å². The average Bonchev–Trinajstić information content (AvgIpc) is 2.94. The average molecular weight is 197 g/mol. The predicted molar refractivity (Wildman–Crippen MR) is 53.7 cm³/mol. The molecule has 0 heterocycles. The van der Waals surface area contributed by atoms with E-state index >= 15 is 0 Å². The van der Waals surface area contributed by atoms with Crippen LogP contribution in [0.2, 0.25) is 0 Å². The summed E-state index contributed by atoms with van der Waals surface area (Å²) in [6.07, 6.45) is 4.66. The van der Waals surface area contributed by atoms with Crippen LogP contribution in [0, 0.1) is 11.8 Å². The van der Waals surface area contributed by atoms with Gasteiger partial charge in [0.2, 0.25) is 5.91 Å². The zero-order valence-corrected chi connectivity index (χ0v) is 8.70. The first kappa shape index (κ1) is 9.97. The van der Waals surface area contributed by atoms with E-state index in [2.05, 4.69) is 12.2 Å². The summed E-state index contributed by atoms with van der Waals surface area (Å²) < 4.78 is 0. The van der Waals surface area contributed by atoms with Crippen LogP contribution in [0.3, 0.4) is 0 Å². The van der Waals surface area contributed by atoms with E-state index in [9.17, 15) is 9.90 Å². The van der Waals surface area contributed by atoms with E-state index in [0.29, 0.717) is 17.9 Å². The molecule has 2 saturated carbocycles. The van der Waals surface area contributed by atoms with Gasteiger partial charge < -0.3 is 10.4 Å². The summed E-state index contributed by atoms with van der Waals surface area (Å²) in [5.41, 5.74) is 0. The van der Waals surface area contributed by atoms with Crippen LogP contribution in [0.4, 0.5) is 0 Å². The molecule has 0 unspecified atom stereocenters. The Hall–Kier alpha value is -0.570. The van der Waals surface area contributed by atoms with Gasteiger partial charge >= 0.3 is 0 Å². The highest BCUT2D eigenvalue weighted by Crippen LogP contribution is 2.30. The smallest absolute Gasteiger partial charge is 0.223 e. The van der Waals surface area contributed by atoms with E-state index < -0.39 is 0 Å². The molecule has 2 fully saturated rings. The maximum Gasteiger partial charge on any atom is 0.223 e. The lowest BCUT2D eigenvalue weighted by molar-refractivity contribution is -0.123. The van der Waals surface area contributed by atoms with Gasteiger partial charge in [-0.05, 0) is 38.0 Å². The largest absolute Gasteiger partial charge is 0.393 e. The lowest BCUT2D eigenvalue weighted by atomic mass is 9.84. The van der Waals surface area contributed by atoms with E-state index in [1.807, 2.05) is 0 Å². The topological polar surface area (TPSA) is 49.3 Å². The summed E-state index contributed by atoms with van der Waals surface area (Å²) in [5.74, 6) is 0.865. The van der Waals surface area contributed by atoms with E-state index in [1.165, 1.54) is 0 Å². The Kier molecular flexibility index (Phi) is 2.77. The molecule has 0 aliphatic heterocycles. The van der Waals surface area contributed by atoms with Gasteiger partial charge in [-0.15, -0.1) is 0 Å². The minimum Gasteiger partial charge on any atom is -0.393 e. The monoisotopic (exact) mass is 197 g/mol. The van der Waals surface area contributed by atoms with Gasteiger partial charge in [-0.3, -0.25) is 4.79 Å². The number of aliphatic hydroxyl groups is 1. The molecule has 0 radical (unpaired) electrons. The molecule has 0 bridgehead atoms. The second kappa shape index (κ2) is 3.89. The number of hydrogen-bond donors (Lipinski definition) is 2. The zero-order valence-electron chi connectivity index (χ0n) is 8.70. The van der Waals surface area contributed by atoms with E-state index in [0.717, 1.165) is 32.1 Å². The minimum absolute atomic E-state index is 0.163. The van der Waals surface area contributed by atoms with Gasteiger partial charge in [0.05, 0.1) is 6.10 Å². The van der Waals surface area contributed by atoms with Crippen molar-refractivity contribution in [3.8, 4) is 0 Å². The van der Waals surface area contributed by atoms with Crippen molar-refractivity contribution in [3.63, 3.8) is 0 Å². The van der Waals surface area contributed by atoms with Gasteiger partial charge in [0, 0.05) is 12.0 Å². The number of aliphatic hydroxyl groups excluding tert-OH is 1. The quantitative estimate of drug-likeness (QED) is 0.695. The first-order valence-electron chi connectivity index (χ1n) is 5.65. The van der Waals surface area contributed by atoms with Crippen molar-refractivity contribution in [3.05, 3.63) is 0 Å². The second-order valence-corrected chi connectivity index (χ2v) is 4.84. The molecule has 2 N–H and O–H groups in total. The number of amides is 1. The van der Waals surface area contributed by atoms with E-state index in [1.54, 1.807) is 0 Å². The maximum absolute atomic E-state index is 11.5. The summed E-state index contributed by atoms with van der Waals surface area (Å²) in [5, 5.41) is 12.6. The van der Waals surface area contributed by atoms with Crippen LogP contribution in [0.25, 0.3) is 0 Å². The van der Waals surface area contributed by atoms with Crippen molar-refractivity contribution in [2.24, 2.45) is 11.8 Å². The molecule has 3 heteroatoms. The lowest BCUT2D eigenvalue weighted by Crippen LogP contribution is -2.42. The molecule has 2 aliphatic carbocycles. The third kappa shape index (κ3) is 2.27. The number of carbonyl (C=O) groups is 1. The molecule has 2 rings (SSSR count). The highest BCUT2D eigenvalue weighted by molar-refractivity contribution is 5.81. The Balaban J connectivity index is 1.78. The molecular weight excluding hydrogens is 178 g/mol. The van der Waals surface area contributed by atoms with Crippen molar-refractivity contribution >= 4 is 5.91 Å². The van der Waals surface area contributed by atoms with Crippen LogP contribution >= 0.6 is 0 Å². The number of nitrogens with one attached hydrogen (secondary N) is 1. The van der Waals surface area contributed by atoms with Crippen LogP contribution in [-0.2, 0) is 4.79 Å². The molecule has 1 amide bonds. The Bertz CT molecular complexity index is 225. The maximum atomic E-state index is 11.5. The van der Waals surface area contributed by atoms with Crippen molar-refractivity contribution in [2.75, 3.05) is 0 Å². The summed E-state index contributed by atoms with van der Waals surface area (Å²) in [6.45, 7) is 2.06. The molecule has 0 spiro atoms. The number of carbonyl (C=O) groups excluding carboxylic acids is 1. The molecule has 0 aromatic heterocycles. The summed E-state index contributed by atoms with van der Waals surface area (Å²) in [6, 6.07) is 0.307. The zero-order chi connectivity index (χ0) is 10.1. The Morgan fingerprint density at radius 3 is 2.57 bits per heavy atom. The first-order valence-corrected chi connectivity index (χ1v) is 5.65. The Labute approximate surface area is 84.9 Å². The summed E-state index contributed by atoms with van der Waals surface area (Å²) in [4.78, 5) is 11.5. The fourth-order valence-corrected chi connectivity index (χ4v) is 2.18. The Morgan fingerprint density at radius 1 is 1.29 bits per heavy atom. The van der Waals surface area contributed by atoms with Gasteiger partial charge in [0.1, 0.15) is 0 Å². The van der Waals surface area contributed by atoms with Crippen LogP contribution in [0.15, 0.2) is 0 Å². The van der Waals surface area contributed by atoms with Crippen molar-refractivity contribution in [1.29, 1.82) is 0 Å². The molecule has 3 nitrogen and oxygen atoms in total. The van der Waals surface area contributed by atoms with Crippen molar-refractivity contribution < 1.29 is 9.90 Å².